The van der Waals surface area contributed by atoms with Gasteiger partial charge in [0.15, 0.2) is 0 Å². The van der Waals surface area contributed by atoms with Crippen molar-refractivity contribution in [3.8, 4) is 0 Å². The van der Waals surface area contributed by atoms with Gasteiger partial charge in [-0.1, -0.05) is 109 Å². The smallest absolute Gasteiger partial charge is 0.268 e. The second kappa shape index (κ2) is 26.6. The molecule has 2 N–H and O–H groups in total. The van der Waals surface area contributed by atoms with E-state index in [2.05, 4.69) is 31.3 Å². The van der Waals surface area contributed by atoms with Crippen LogP contribution >= 0.6 is 7.82 Å². The van der Waals surface area contributed by atoms with E-state index in [1.165, 1.54) is 77.0 Å². The van der Waals surface area contributed by atoms with Crippen LogP contribution in [0.5, 0.6) is 0 Å². The topological polar surface area (TPSA) is 108 Å². The van der Waals surface area contributed by atoms with Gasteiger partial charge in [0, 0.05) is 6.42 Å². The summed E-state index contributed by atoms with van der Waals surface area (Å²) in [6.45, 7) is 4.52. The summed E-state index contributed by atoms with van der Waals surface area (Å²) in [5.74, 6) is -0.183. The van der Waals surface area contributed by atoms with Gasteiger partial charge >= 0.3 is 0 Å². The van der Waals surface area contributed by atoms with Crippen molar-refractivity contribution in [3.05, 3.63) is 12.2 Å². The number of carbonyl (C=O) groups excluding carboxylic acids is 1. The third-order valence-corrected chi connectivity index (χ3v) is 8.47. The van der Waals surface area contributed by atoms with Crippen molar-refractivity contribution in [2.24, 2.45) is 0 Å². The number of allylic oxidation sites excluding steroid dienone is 2. The lowest BCUT2D eigenvalue weighted by Crippen LogP contribution is -2.46. The van der Waals surface area contributed by atoms with Crippen LogP contribution in [-0.2, 0) is 18.4 Å². The van der Waals surface area contributed by atoms with E-state index in [4.69, 9.17) is 9.05 Å². The minimum absolute atomic E-state index is 0.0106. The summed E-state index contributed by atoms with van der Waals surface area (Å²) >= 11 is 0. The Morgan fingerprint density at radius 1 is 0.810 bits per heavy atom. The Kier molecular flexibility index (Phi) is 26.1. The number of nitrogens with zero attached hydrogens (tertiary/aromatic N) is 1. The Bertz CT molecular complexity index is 713. The molecule has 0 saturated heterocycles. The fraction of sp³-hybridized carbons (Fsp3) is 0.909. The number of rotatable bonds is 30. The number of aliphatic hydroxyl groups excluding tert-OH is 1. The number of amides is 1. The molecule has 3 atom stereocenters. The van der Waals surface area contributed by atoms with E-state index in [1.807, 2.05) is 21.1 Å². The van der Waals surface area contributed by atoms with Gasteiger partial charge in [0.1, 0.15) is 13.2 Å². The average Bonchev–Trinajstić information content (AvgIpc) is 2.92. The van der Waals surface area contributed by atoms with Crippen molar-refractivity contribution < 1.29 is 32.9 Å². The molecular weight excluding hydrogens is 551 g/mol. The largest absolute Gasteiger partial charge is 0.756 e. The van der Waals surface area contributed by atoms with Crippen LogP contribution in [0.15, 0.2) is 12.2 Å². The molecule has 0 fully saturated rings. The highest BCUT2D eigenvalue weighted by molar-refractivity contribution is 7.45. The molecule has 0 bridgehead atoms. The first-order valence-corrected chi connectivity index (χ1v) is 18.5. The van der Waals surface area contributed by atoms with Crippen LogP contribution < -0.4 is 10.2 Å². The zero-order valence-electron chi connectivity index (χ0n) is 28.0. The van der Waals surface area contributed by atoms with Gasteiger partial charge in [-0.15, -0.1) is 0 Å². The summed E-state index contributed by atoms with van der Waals surface area (Å²) in [7, 11) is 1.29. The second-order valence-corrected chi connectivity index (χ2v) is 14.3. The molecule has 0 aliphatic heterocycles. The molecular formula is C33H67N2O6P. The molecule has 3 unspecified atom stereocenters. The zero-order valence-corrected chi connectivity index (χ0v) is 28.9. The molecule has 0 rings (SSSR count). The number of aliphatic hydroxyl groups is 1. The number of hydrogen-bond acceptors (Lipinski definition) is 6. The van der Waals surface area contributed by atoms with E-state index in [0.717, 1.165) is 38.5 Å². The molecule has 0 spiro atoms. The van der Waals surface area contributed by atoms with Gasteiger partial charge in [-0.2, -0.15) is 0 Å². The van der Waals surface area contributed by atoms with Crippen molar-refractivity contribution in [2.75, 3.05) is 40.9 Å². The summed E-state index contributed by atoms with van der Waals surface area (Å²) in [6, 6.07) is -0.793. The second-order valence-electron chi connectivity index (χ2n) is 12.9. The number of carbonyl (C=O) groups is 1. The first-order valence-electron chi connectivity index (χ1n) is 17.0. The normalized spacial score (nSPS) is 15.1. The molecule has 0 aliphatic rings. The van der Waals surface area contributed by atoms with E-state index in [-0.39, 0.29) is 19.1 Å². The van der Waals surface area contributed by atoms with Gasteiger partial charge in [-0.05, 0) is 38.5 Å². The molecule has 0 heterocycles. The number of hydrogen-bond donors (Lipinski definition) is 2. The molecule has 9 heteroatoms. The minimum Gasteiger partial charge on any atom is -0.756 e. The molecule has 0 aliphatic carbocycles. The van der Waals surface area contributed by atoms with E-state index < -0.39 is 20.0 Å². The van der Waals surface area contributed by atoms with Crippen molar-refractivity contribution in [1.82, 2.24) is 5.32 Å². The Balaban J connectivity index is 4.15. The standard InChI is InChI=1S/C33H67N2O6P/c1-6-8-10-11-12-13-14-15-16-17-18-19-20-21-22-23-25-27-33(37)34-31(32(36)26-24-9-7-2)30-41-42(38,39)40-29-28-35(3,4)5/h15-16,31-32,36H,6-14,17-30H2,1-5H3,(H-,34,37,38,39)/b16-15-. The Hall–Kier alpha value is -0.760. The van der Waals surface area contributed by atoms with E-state index in [9.17, 15) is 19.4 Å². The third-order valence-electron chi connectivity index (χ3n) is 7.50. The Morgan fingerprint density at radius 2 is 1.31 bits per heavy atom. The lowest BCUT2D eigenvalue weighted by molar-refractivity contribution is -0.870. The van der Waals surface area contributed by atoms with Gasteiger partial charge in [-0.25, -0.2) is 0 Å². The fourth-order valence-corrected chi connectivity index (χ4v) is 5.40. The van der Waals surface area contributed by atoms with Crippen LogP contribution in [0.2, 0.25) is 0 Å². The lowest BCUT2D eigenvalue weighted by Gasteiger charge is -2.30. The predicted octanol–water partition coefficient (Wildman–Crippen LogP) is 7.44. The summed E-state index contributed by atoms with van der Waals surface area (Å²) in [6.07, 6.45) is 25.7. The maximum absolute atomic E-state index is 12.6. The highest BCUT2D eigenvalue weighted by atomic mass is 31.2. The Labute approximate surface area is 259 Å². The van der Waals surface area contributed by atoms with Gasteiger partial charge in [0.05, 0.1) is 39.9 Å². The average molecular weight is 619 g/mol. The molecule has 42 heavy (non-hydrogen) atoms. The van der Waals surface area contributed by atoms with Crippen LogP contribution in [-0.4, -0.2) is 68.5 Å². The molecule has 0 aromatic rings. The first kappa shape index (κ1) is 41.2. The van der Waals surface area contributed by atoms with Crippen LogP contribution in [0.25, 0.3) is 0 Å². The van der Waals surface area contributed by atoms with Crippen molar-refractivity contribution in [3.63, 3.8) is 0 Å². The minimum atomic E-state index is -4.53. The van der Waals surface area contributed by atoms with Gasteiger partial charge in [-0.3, -0.25) is 9.36 Å². The van der Waals surface area contributed by atoms with Crippen molar-refractivity contribution in [1.29, 1.82) is 0 Å². The van der Waals surface area contributed by atoms with Crippen LogP contribution in [0, 0.1) is 0 Å². The zero-order chi connectivity index (χ0) is 31.5. The molecule has 1 amide bonds. The molecule has 0 saturated carbocycles. The molecule has 0 radical (unpaired) electrons. The number of likely N-dealkylation sites (N-methyl/N-ethyl adjacent to an activating group) is 1. The molecule has 250 valence electrons. The number of phosphoric acid groups is 1. The maximum Gasteiger partial charge on any atom is 0.268 e. The summed E-state index contributed by atoms with van der Waals surface area (Å²) in [4.78, 5) is 24.8. The maximum atomic E-state index is 12.6. The monoisotopic (exact) mass is 618 g/mol. The molecule has 8 nitrogen and oxygen atoms in total. The van der Waals surface area contributed by atoms with Gasteiger partial charge < -0.3 is 28.8 Å². The number of unbranched alkanes of at least 4 members (excludes halogenated alkanes) is 15. The number of quaternary nitrogens is 1. The molecule has 0 aromatic heterocycles. The Morgan fingerprint density at radius 3 is 1.86 bits per heavy atom. The SMILES string of the molecule is CCCCCCCC/C=C\CCCCCCCCCC(=O)NC(COP(=O)([O-])OCC[N+](C)(C)C)C(O)CCCCC. The molecule has 0 aromatic carbocycles. The number of nitrogens with one attached hydrogen (secondary N) is 1. The fourth-order valence-electron chi connectivity index (χ4n) is 4.68. The van der Waals surface area contributed by atoms with E-state index in [0.29, 0.717) is 23.9 Å². The lowest BCUT2D eigenvalue weighted by atomic mass is 10.0. The summed E-state index contributed by atoms with van der Waals surface area (Å²) < 4.78 is 22.8. The van der Waals surface area contributed by atoms with E-state index in [1.54, 1.807) is 0 Å². The summed E-state index contributed by atoms with van der Waals surface area (Å²) in [5.41, 5.74) is 0. The van der Waals surface area contributed by atoms with Crippen LogP contribution in [0.4, 0.5) is 0 Å². The van der Waals surface area contributed by atoms with E-state index >= 15 is 0 Å². The van der Waals surface area contributed by atoms with Crippen LogP contribution in [0.1, 0.15) is 142 Å². The third kappa shape index (κ3) is 28.0. The van der Waals surface area contributed by atoms with Gasteiger partial charge in [0.2, 0.25) is 5.91 Å². The highest BCUT2D eigenvalue weighted by Crippen LogP contribution is 2.38. The number of phosphoric ester groups is 1. The van der Waals surface area contributed by atoms with Crippen LogP contribution in [0.3, 0.4) is 0 Å². The highest BCUT2D eigenvalue weighted by Gasteiger charge is 2.24. The van der Waals surface area contributed by atoms with Crippen molar-refractivity contribution >= 4 is 13.7 Å². The predicted molar refractivity (Wildman–Crippen MR) is 173 cm³/mol. The first-order chi connectivity index (χ1) is 20.0. The quantitative estimate of drug-likeness (QED) is 0.0375. The van der Waals surface area contributed by atoms with Gasteiger partial charge in [0.25, 0.3) is 7.82 Å². The summed E-state index contributed by atoms with van der Waals surface area (Å²) in [5, 5.41) is 13.5. The van der Waals surface area contributed by atoms with Crippen molar-refractivity contribution in [2.45, 2.75) is 154 Å².